The van der Waals surface area contributed by atoms with Gasteiger partial charge in [0, 0.05) is 39.3 Å². The van der Waals surface area contributed by atoms with E-state index < -0.39 is 0 Å². The summed E-state index contributed by atoms with van der Waals surface area (Å²) in [5.74, 6) is 6.11. The minimum atomic E-state index is 0.416. The van der Waals surface area contributed by atoms with Gasteiger partial charge >= 0.3 is 0 Å². The van der Waals surface area contributed by atoms with Gasteiger partial charge in [-0.3, -0.25) is 0 Å². The summed E-state index contributed by atoms with van der Waals surface area (Å²) < 4.78 is 0. The van der Waals surface area contributed by atoms with Crippen LogP contribution in [0.2, 0.25) is 0 Å². The lowest BCUT2D eigenvalue weighted by Crippen LogP contribution is -2.12. The molecule has 0 aliphatic carbocycles. The zero-order valence-electron chi connectivity index (χ0n) is 8.00. The summed E-state index contributed by atoms with van der Waals surface area (Å²) in [7, 11) is 0. The molecule has 2 atom stereocenters. The second-order valence-corrected chi connectivity index (χ2v) is 7.16. The fourth-order valence-electron chi connectivity index (χ4n) is 0.761. The van der Waals surface area contributed by atoms with Gasteiger partial charge in [0.1, 0.15) is 0 Å². The molecule has 6 heteroatoms. The average molecular weight is 307 g/mol. The smallest absolute Gasteiger partial charge is 0.0226 e. The molecular weight excluding hydrogens is 288 g/mol. The Balaban J connectivity index is 3.42. The van der Waals surface area contributed by atoms with Crippen LogP contribution in [0.5, 0.6) is 0 Å². The molecule has 0 bridgehead atoms. The molecule has 2 unspecified atom stereocenters. The second-order valence-electron chi connectivity index (χ2n) is 2.77. The Bertz CT molecular complexity index is 120. The first-order valence-corrected chi connectivity index (χ1v) is 9.06. The summed E-state index contributed by atoms with van der Waals surface area (Å²) in [5, 5.41) is 1.06. The minimum Gasteiger partial charge on any atom is -0.179 e. The van der Waals surface area contributed by atoms with Crippen LogP contribution in [0.4, 0.5) is 0 Å². The maximum absolute atomic E-state index is 4.40. The fraction of sp³-hybridized carbons (Fsp3) is 1.00. The quantitative estimate of drug-likeness (QED) is 0.484. The van der Waals surface area contributed by atoms with Crippen LogP contribution in [-0.2, 0) is 0 Å². The van der Waals surface area contributed by atoms with E-state index in [2.05, 4.69) is 50.5 Å². The highest BCUT2D eigenvalue weighted by Gasteiger charge is 2.08. The largest absolute Gasteiger partial charge is 0.179 e. The maximum atomic E-state index is 4.40. The molecule has 0 aromatic rings. The van der Waals surface area contributed by atoms with Crippen LogP contribution in [0.25, 0.3) is 0 Å². The number of hydrogen-bond acceptors (Lipinski definition) is 6. The maximum Gasteiger partial charge on any atom is 0.0226 e. The third-order valence-corrected chi connectivity index (χ3v) is 6.76. The van der Waals surface area contributed by atoms with Crippen LogP contribution in [0.15, 0.2) is 0 Å². The molecule has 0 radical (unpaired) electrons. The van der Waals surface area contributed by atoms with E-state index in [1.54, 1.807) is 0 Å². The summed E-state index contributed by atoms with van der Waals surface area (Å²) in [5.41, 5.74) is 0. The van der Waals surface area contributed by atoms with Crippen molar-refractivity contribution in [2.45, 2.75) is 10.5 Å². The lowest BCUT2D eigenvalue weighted by atomic mass is 10.5. The zero-order valence-corrected chi connectivity index (χ0v) is 13.2. The molecule has 0 aromatic carbocycles. The van der Waals surface area contributed by atoms with Gasteiger partial charge in [-0.2, -0.15) is 74.0 Å². The van der Waals surface area contributed by atoms with Crippen molar-refractivity contribution >= 4 is 74.0 Å². The first-order valence-electron chi connectivity index (χ1n) is 4.44. The number of thioether (sulfide) groups is 2. The molecule has 0 nitrogen and oxygen atoms in total. The van der Waals surface area contributed by atoms with Gasteiger partial charge in [0.15, 0.2) is 0 Å². The van der Waals surface area contributed by atoms with Gasteiger partial charge in [-0.05, 0) is 5.75 Å². The van der Waals surface area contributed by atoms with Gasteiger partial charge in [0.2, 0.25) is 0 Å². The highest BCUT2D eigenvalue weighted by atomic mass is 32.2. The van der Waals surface area contributed by atoms with Crippen molar-refractivity contribution in [3.8, 4) is 0 Å². The van der Waals surface area contributed by atoms with Crippen LogP contribution in [0.1, 0.15) is 0 Å². The van der Waals surface area contributed by atoms with Crippen molar-refractivity contribution in [1.82, 2.24) is 0 Å². The lowest BCUT2D eigenvalue weighted by Gasteiger charge is -2.14. The predicted molar refractivity (Wildman–Crippen MR) is 87.9 cm³/mol. The van der Waals surface area contributed by atoms with E-state index in [-0.39, 0.29) is 0 Å². The highest BCUT2D eigenvalue weighted by Crippen LogP contribution is 2.19. The van der Waals surface area contributed by atoms with Gasteiger partial charge in [0.25, 0.3) is 0 Å². The third-order valence-electron chi connectivity index (χ3n) is 1.47. The SMILES string of the molecule is SCCSC(CS)CSCC(S)CS. The molecular formula is C8H18S6. The van der Waals surface area contributed by atoms with E-state index in [1.807, 2.05) is 23.5 Å². The molecule has 0 amide bonds. The molecule has 0 saturated heterocycles. The van der Waals surface area contributed by atoms with Gasteiger partial charge < -0.3 is 0 Å². The molecule has 0 N–H and O–H groups in total. The minimum absolute atomic E-state index is 0.416. The van der Waals surface area contributed by atoms with E-state index in [0.29, 0.717) is 10.5 Å². The van der Waals surface area contributed by atoms with Crippen LogP contribution in [0.3, 0.4) is 0 Å². The Hall–Kier alpha value is 2.10. The third kappa shape index (κ3) is 9.33. The van der Waals surface area contributed by atoms with Crippen molar-refractivity contribution in [3.63, 3.8) is 0 Å². The number of thiol groups is 4. The average Bonchev–Trinajstić information content (AvgIpc) is 2.22. The highest BCUT2D eigenvalue weighted by molar-refractivity contribution is 8.04. The normalized spacial score (nSPS) is 15.4. The molecule has 0 spiro atoms. The van der Waals surface area contributed by atoms with Crippen molar-refractivity contribution in [2.24, 2.45) is 0 Å². The first kappa shape index (κ1) is 16.1. The lowest BCUT2D eigenvalue weighted by molar-refractivity contribution is 1.12. The van der Waals surface area contributed by atoms with Crippen molar-refractivity contribution in [1.29, 1.82) is 0 Å². The van der Waals surface area contributed by atoms with Gasteiger partial charge in [-0.1, -0.05) is 0 Å². The fourth-order valence-corrected chi connectivity index (χ4v) is 4.44. The van der Waals surface area contributed by atoms with E-state index in [1.165, 1.54) is 0 Å². The van der Waals surface area contributed by atoms with Crippen molar-refractivity contribution in [2.75, 3.05) is 34.5 Å². The summed E-state index contributed by atoms with van der Waals surface area (Å²) in [6.07, 6.45) is 0. The predicted octanol–water partition coefficient (Wildman–Crippen LogP) is 2.91. The van der Waals surface area contributed by atoms with Crippen molar-refractivity contribution < 1.29 is 0 Å². The van der Waals surface area contributed by atoms with E-state index >= 15 is 0 Å². The van der Waals surface area contributed by atoms with Crippen LogP contribution in [0, 0.1) is 0 Å². The molecule has 86 valence electrons. The molecule has 0 aliphatic heterocycles. The molecule has 0 aromatic heterocycles. The molecule has 0 heterocycles. The second kappa shape index (κ2) is 11.6. The molecule has 0 fully saturated rings. The van der Waals surface area contributed by atoms with E-state index in [0.717, 1.165) is 34.5 Å². The van der Waals surface area contributed by atoms with E-state index in [9.17, 15) is 0 Å². The van der Waals surface area contributed by atoms with Crippen LogP contribution < -0.4 is 0 Å². The molecule has 0 rings (SSSR count). The Labute approximate surface area is 118 Å². The summed E-state index contributed by atoms with van der Waals surface area (Å²) in [4.78, 5) is 0. The summed E-state index contributed by atoms with van der Waals surface area (Å²) in [6, 6.07) is 0. The van der Waals surface area contributed by atoms with E-state index in [4.69, 9.17) is 0 Å². The molecule has 14 heavy (non-hydrogen) atoms. The van der Waals surface area contributed by atoms with Gasteiger partial charge in [-0.25, -0.2) is 0 Å². The topological polar surface area (TPSA) is 0 Å². The Morgan fingerprint density at radius 1 is 1.00 bits per heavy atom. The standard InChI is InChI=1S/C8H18S6/c9-1-2-14-8(4-11)6-13-5-7(12)3-10/h7-12H,1-6H2. The number of rotatable bonds is 9. The molecule has 0 saturated carbocycles. The number of hydrogen-bond donors (Lipinski definition) is 4. The monoisotopic (exact) mass is 306 g/mol. The van der Waals surface area contributed by atoms with Crippen LogP contribution in [-0.4, -0.2) is 45.0 Å². The van der Waals surface area contributed by atoms with Crippen LogP contribution >= 0.6 is 74.0 Å². The van der Waals surface area contributed by atoms with Crippen molar-refractivity contribution in [3.05, 3.63) is 0 Å². The summed E-state index contributed by atoms with van der Waals surface area (Å²) >= 11 is 21.0. The molecule has 0 aliphatic rings. The Morgan fingerprint density at radius 3 is 2.21 bits per heavy atom. The Morgan fingerprint density at radius 2 is 1.71 bits per heavy atom. The summed E-state index contributed by atoms with van der Waals surface area (Å²) in [6.45, 7) is 0. The first-order chi connectivity index (χ1) is 6.74. The zero-order chi connectivity index (χ0) is 10.8. The van der Waals surface area contributed by atoms with Gasteiger partial charge in [-0.15, -0.1) is 0 Å². The Kier molecular flexibility index (Phi) is 13.3. The van der Waals surface area contributed by atoms with Gasteiger partial charge in [0.05, 0.1) is 0 Å².